The van der Waals surface area contributed by atoms with E-state index in [4.69, 9.17) is 16.0 Å². The third-order valence-electron chi connectivity index (χ3n) is 2.27. The number of hydrogen-bond acceptors (Lipinski definition) is 4. The first-order valence-corrected chi connectivity index (χ1v) is 5.21. The van der Waals surface area contributed by atoms with Gasteiger partial charge in [-0.15, -0.1) is 0 Å². The number of rotatable bonds is 1. The number of oxazole rings is 1. The average Bonchev–Trinajstić information content (AvgIpc) is 2.72. The van der Waals surface area contributed by atoms with E-state index in [1.54, 1.807) is 18.2 Å². The van der Waals surface area contributed by atoms with Crippen molar-refractivity contribution in [1.29, 1.82) is 0 Å². The second-order valence-corrected chi connectivity index (χ2v) is 3.87. The average molecular weight is 248 g/mol. The second-order valence-electron chi connectivity index (χ2n) is 3.44. The van der Waals surface area contributed by atoms with Gasteiger partial charge in [0.1, 0.15) is 5.52 Å². The van der Waals surface area contributed by atoms with Crippen molar-refractivity contribution in [3.8, 4) is 11.5 Å². The van der Waals surface area contributed by atoms with Crippen LogP contribution in [0.1, 0.15) is 0 Å². The Morgan fingerprint density at radius 1 is 1.35 bits per heavy atom. The lowest BCUT2D eigenvalue weighted by Crippen LogP contribution is -2.07. The normalized spacial score (nSPS) is 10.9. The molecule has 2 aromatic heterocycles. The van der Waals surface area contributed by atoms with E-state index in [9.17, 15) is 4.79 Å². The zero-order chi connectivity index (χ0) is 11.8. The van der Waals surface area contributed by atoms with Crippen molar-refractivity contribution in [1.82, 2.24) is 15.0 Å². The van der Waals surface area contributed by atoms with Gasteiger partial charge in [-0.05, 0) is 18.2 Å². The molecule has 0 fully saturated rings. The molecular formula is C11H6ClN3O2. The Labute approximate surface area is 100 Å². The van der Waals surface area contributed by atoms with Crippen molar-refractivity contribution >= 4 is 22.7 Å². The summed E-state index contributed by atoms with van der Waals surface area (Å²) >= 11 is 5.85. The van der Waals surface area contributed by atoms with Gasteiger partial charge >= 0.3 is 5.69 Å². The standard InChI is InChI=1S/C11H6ClN3O2/c12-7-1-2-9-8(3-7)15-10(17-9)6-4-13-11(16)14-5-6/h1-5H,(H,13,14,16). The largest absolute Gasteiger partial charge is 0.436 e. The Hall–Kier alpha value is -2.14. The maximum absolute atomic E-state index is 10.8. The van der Waals surface area contributed by atoms with Gasteiger partial charge in [-0.3, -0.25) is 0 Å². The third kappa shape index (κ3) is 1.81. The minimum Gasteiger partial charge on any atom is -0.436 e. The number of benzene rings is 1. The molecule has 1 aromatic carbocycles. The summed E-state index contributed by atoms with van der Waals surface area (Å²) in [7, 11) is 0. The van der Waals surface area contributed by atoms with Crippen molar-refractivity contribution in [3.63, 3.8) is 0 Å². The van der Waals surface area contributed by atoms with Crippen molar-refractivity contribution < 1.29 is 4.42 Å². The maximum Gasteiger partial charge on any atom is 0.344 e. The molecule has 3 aromatic rings. The molecule has 0 aliphatic carbocycles. The highest BCUT2D eigenvalue weighted by molar-refractivity contribution is 6.31. The zero-order valence-corrected chi connectivity index (χ0v) is 9.23. The SMILES string of the molecule is O=c1ncc(-c2nc3cc(Cl)ccc3o2)c[nH]1. The highest BCUT2D eigenvalue weighted by Gasteiger charge is 2.08. The lowest BCUT2D eigenvalue weighted by Gasteiger charge is -1.90. The van der Waals surface area contributed by atoms with Crippen molar-refractivity contribution in [2.24, 2.45) is 0 Å². The first-order valence-electron chi connectivity index (χ1n) is 4.83. The van der Waals surface area contributed by atoms with Gasteiger partial charge in [-0.1, -0.05) is 11.6 Å². The van der Waals surface area contributed by atoms with Crippen molar-refractivity contribution in [2.75, 3.05) is 0 Å². The summed E-state index contributed by atoms with van der Waals surface area (Å²) in [5, 5.41) is 0.594. The van der Waals surface area contributed by atoms with Gasteiger partial charge in [0.25, 0.3) is 0 Å². The number of aromatic nitrogens is 3. The van der Waals surface area contributed by atoms with Gasteiger partial charge in [-0.2, -0.15) is 0 Å². The van der Waals surface area contributed by atoms with Crippen molar-refractivity contribution in [3.05, 3.63) is 46.1 Å². The van der Waals surface area contributed by atoms with Crippen LogP contribution in [0.3, 0.4) is 0 Å². The van der Waals surface area contributed by atoms with Crippen molar-refractivity contribution in [2.45, 2.75) is 0 Å². The van der Waals surface area contributed by atoms with E-state index in [1.165, 1.54) is 12.4 Å². The summed E-state index contributed by atoms with van der Waals surface area (Å²) < 4.78 is 5.52. The first-order chi connectivity index (χ1) is 8.22. The number of hydrogen-bond donors (Lipinski definition) is 1. The Bertz CT molecular complexity index is 727. The summed E-state index contributed by atoms with van der Waals surface area (Å²) in [4.78, 5) is 21.2. The highest BCUT2D eigenvalue weighted by atomic mass is 35.5. The first kappa shape index (κ1) is 10.0. The number of nitrogens with one attached hydrogen (secondary N) is 1. The molecule has 17 heavy (non-hydrogen) atoms. The topological polar surface area (TPSA) is 71.8 Å². The fourth-order valence-corrected chi connectivity index (χ4v) is 1.65. The summed E-state index contributed by atoms with van der Waals surface area (Å²) in [6, 6.07) is 5.18. The Morgan fingerprint density at radius 2 is 2.24 bits per heavy atom. The van der Waals surface area contributed by atoms with Crippen LogP contribution < -0.4 is 5.69 Å². The van der Waals surface area contributed by atoms with Crippen LogP contribution in [0.15, 0.2) is 39.8 Å². The van der Waals surface area contributed by atoms with Gasteiger partial charge in [-0.25, -0.2) is 14.8 Å². The molecule has 0 unspecified atom stereocenters. The Kier molecular flexibility index (Phi) is 2.19. The van der Waals surface area contributed by atoms with E-state index in [2.05, 4.69) is 15.0 Å². The number of aromatic amines is 1. The molecule has 0 saturated heterocycles. The highest BCUT2D eigenvalue weighted by Crippen LogP contribution is 2.24. The zero-order valence-electron chi connectivity index (χ0n) is 8.48. The number of H-pyrrole nitrogens is 1. The van der Waals surface area contributed by atoms with Gasteiger partial charge < -0.3 is 9.40 Å². The molecule has 0 aliphatic heterocycles. The molecule has 0 bridgehead atoms. The monoisotopic (exact) mass is 247 g/mol. The smallest absolute Gasteiger partial charge is 0.344 e. The molecule has 3 rings (SSSR count). The van der Waals surface area contributed by atoms with Crippen LogP contribution in [0.2, 0.25) is 5.02 Å². The minimum absolute atomic E-state index is 0.394. The molecule has 0 spiro atoms. The minimum atomic E-state index is -0.409. The van der Waals surface area contributed by atoms with E-state index in [0.29, 0.717) is 27.6 Å². The van der Waals surface area contributed by atoms with Gasteiger partial charge in [0.15, 0.2) is 5.58 Å². The Balaban J connectivity index is 2.17. The summed E-state index contributed by atoms with van der Waals surface area (Å²) in [5.74, 6) is 0.394. The molecule has 84 valence electrons. The lowest BCUT2D eigenvalue weighted by molar-refractivity contribution is 0.619. The molecule has 6 heteroatoms. The number of halogens is 1. The third-order valence-corrected chi connectivity index (χ3v) is 2.50. The van der Waals surface area contributed by atoms with Gasteiger partial charge in [0, 0.05) is 17.4 Å². The maximum atomic E-state index is 10.8. The molecule has 0 amide bonds. The second kappa shape index (κ2) is 3.71. The summed E-state index contributed by atoms with van der Waals surface area (Å²) in [5.41, 5.74) is 1.50. The Morgan fingerprint density at radius 3 is 3.00 bits per heavy atom. The van der Waals surface area contributed by atoms with E-state index in [0.717, 1.165) is 0 Å². The molecule has 0 saturated carbocycles. The van der Waals surface area contributed by atoms with Crippen LogP contribution in [0.4, 0.5) is 0 Å². The molecule has 0 radical (unpaired) electrons. The van der Waals surface area contributed by atoms with Crippen LogP contribution in [0.5, 0.6) is 0 Å². The lowest BCUT2D eigenvalue weighted by atomic mass is 10.3. The van der Waals surface area contributed by atoms with Crippen LogP contribution in [-0.2, 0) is 0 Å². The van der Waals surface area contributed by atoms with E-state index < -0.39 is 5.69 Å². The van der Waals surface area contributed by atoms with Gasteiger partial charge in [0.05, 0.1) is 5.56 Å². The summed E-state index contributed by atoms with van der Waals surface area (Å²) in [6.45, 7) is 0. The van der Waals surface area contributed by atoms with E-state index >= 15 is 0 Å². The van der Waals surface area contributed by atoms with Gasteiger partial charge in [0.2, 0.25) is 5.89 Å². The number of fused-ring (bicyclic) bond motifs is 1. The molecule has 0 atom stereocenters. The fraction of sp³-hybridized carbons (Fsp3) is 0. The van der Waals surface area contributed by atoms with Crippen LogP contribution in [-0.4, -0.2) is 15.0 Å². The quantitative estimate of drug-likeness (QED) is 0.716. The molecule has 5 nitrogen and oxygen atoms in total. The summed E-state index contributed by atoms with van der Waals surface area (Å²) in [6.07, 6.45) is 2.91. The van der Waals surface area contributed by atoms with Crippen LogP contribution in [0.25, 0.3) is 22.6 Å². The van der Waals surface area contributed by atoms with E-state index in [1.807, 2.05) is 0 Å². The predicted molar refractivity (Wildman–Crippen MR) is 62.9 cm³/mol. The fourth-order valence-electron chi connectivity index (χ4n) is 1.48. The molecule has 1 N–H and O–H groups in total. The molecular weight excluding hydrogens is 242 g/mol. The van der Waals surface area contributed by atoms with E-state index in [-0.39, 0.29) is 0 Å². The predicted octanol–water partition coefficient (Wildman–Crippen LogP) is 2.23. The number of nitrogens with zero attached hydrogens (tertiary/aromatic N) is 2. The van der Waals surface area contributed by atoms with Crippen LogP contribution >= 0.6 is 11.6 Å². The van der Waals surface area contributed by atoms with Crippen LogP contribution in [0, 0.1) is 0 Å². The molecule has 0 aliphatic rings. The molecule has 2 heterocycles.